The average molecular weight is 215 g/mol. The second kappa shape index (κ2) is 6.93. The quantitative estimate of drug-likeness (QED) is 0.484. The van der Waals surface area contributed by atoms with Crippen LogP contribution in [0.25, 0.3) is 0 Å². The van der Waals surface area contributed by atoms with Crippen LogP contribution in [0.5, 0.6) is 0 Å². The maximum atomic E-state index is 10.8. The molecule has 0 saturated heterocycles. The van der Waals surface area contributed by atoms with Crippen molar-refractivity contribution in [2.45, 2.75) is 38.0 Å². The minimum atomic E-state index is -0.270. The fraction of sp³-hybridized carbons (Fsp3) is 0.909. The van der Waals surface area contributed by atoms with Crippen molar-refractivity contribution in [1.82, 2.24) is 5.32 Å². The van der Waals surface area contributed by atoms with Crippen molar-refractivity contribution in [1.29, 1.82) is 0 Å². The summed E-state index contributed by atoms with van der Waals surface area (Å²) < 4.78 is 10.1. The third-order valence-corrected chi connectivity index (χ3v) is 3.05. The Labute approximate surface area is 91.3 Å². The van der Waals surface area contributed by atoms with Crippen molar-refractivity contribution in [3.05, 3.63) is 0 Å². The second-order valence-corrected chi connectivity index (χ2v) is 4.08. The molecule has 0 bridgehead atoms. The zero-order valence-corrected chi connectivity index (χ0v) is 9.57. The number of hydrogen-bond donors (Lipinski definition) is 1. The summed E-state index contributed by atoms with van der Waals surface area (Å²) in [5.74, 6) is 0.733. The smallest absolute Gasteiger partial charge is 0.169 e. The number of ether oxygens (including phenoxy) is 2. The summed E-state index contributed by atoms with van der Waals surface area (Å²) in [6.07, 6.45) is 5.52. The van der Waals surface area contributed by atoms with E-state index in [1.54, 1.807) is 14.2 Å². The highest BCUT2D eigenvalue weighted by Gasteiger charge is 2.22. The van der Waals surface area contributed by atoms with E-state index in [0.717, 1.165) is 18.6 Å². The molecule has 4 nitrogen and oxygen atoms in total. The monoisotopic (exact) mass is 215 g/mol. The Kier molecular flexibility index (Phi) is 5.83. The highest BCUT2D eigenvalue weighted by Crippen LogP contribution is 2.30. The highest BCUT2D eigenvalue weighted by atomic mass is 16.7. The third kappa shape index (κ3) is 4.28. The summed E-state index contributed by atoms with van der Waals surface area (Å²) in [5, 5.41) is 3.15. The topological polar surface area (TPSA) is 47.6 Å². The summed E-state index contributed by atoms with van der Waals surface area (Å²) in [5.41, 5.74) is 0. The SMILES string of the molecule is COC(CN[C@@H](C=O)CC1CCC1)OC. The van der Waals surface area contributed by atoms with Crippen LogP contribution >= 0.6 is 0 Å². The van der Waals surface area contributed by atoms with Crippen molar-refractivity contribution >= 4 is 6.29 Å². The van der Waals surface area contributed by atoms with Gasteiger partial charge in [-0.05, 0) is 12.3 Å². The summed E-state index contributed by atoms with van der Waals surface area (Å²) in [6, 6.07) is -0.0527. The van der Waals surface area contributed by atoms with Crippen LogP contribution in [-0.4, -0.2) is 39.4 Å². The molecule has 1 atom stereocenters. The van der Waals surface area contributed by atoms with Gasteiger partial charge in [0.05, 0.1) is 6.04 Å². The minimum absolute atomic E-state index is 0.0527. The van der Waals surface area contributed by atoms with Crippen LogP contribution in [0.1, 0.15) is 25.7 Å². The number of carbonyl (C=O) groups is 1. The van der Waals surface area contributed by atoms with Gasteiger partial charge in [-0.2, -0.15) is 0 Å². The molecule has 15 heavy (non-hydrogen) atoms. The van der Waals surface area contributed by atoms with Crippen LogP contribution in [0.2, 0.25) is 0 Å². The van der Waals surface area contributed by atoms with Gasteiger partial charge < -0.3 is 19.6 Å². The molecule has 0 spiro atoms. The summed E-state index contributed by atoms with van der Waals surface area (Å²) in [4.78, 5) is 10.8. The summed E-state index contributed by atoms with van der Waals surface area (Å²) in [6.45, 7) is 0.559. The van der Waals surface area contributed by atoms with Gasteiger partial charge in [0.2, 0.25) is 0 Å². The van der Waals surface area contributed by atoms with E-state index in [1.165, 1.54) is 19.3 Å². The molecule has 88 valence electrons. The van der Waals surface area contributed by atoms with Crippen LogP contribution in [0.15, 0.2) is 0 Å². The zero-order chi connectivity index (χ0) is 11.1. The molecule has 0 aromatic heterocycles. The molecule has 0 aromatic carbocycles. The van der Waals surface area contributed by atoms with Crippen molar-refractivity contribution < 1.29 is 14.3 Å². The largest absolute Gasteiger partial charge is 0.355 e. The van der Waals surface area contributed by atoms with Gasteiger partial charge in [0.25, 0.3) is 0 Å². The number of rotatable bonds is 8. The molecule has 1 N–H and O–H groups in total. The maximum Gasteiger partial charge on any atom is 0.169 e. The van der Waals surface area contributed by atoms with E-state index in [2.05, 4.69) is 5.32 Å². The van der Waals surface area contributed by atoms with E-state index >= 15 is 0 Å². The highest BCUT2D eigenvalue weighted by molar-refractivity contribution is 5.57. The van der Waals surface area contributed by atoms with Crippen LogP contribution in [0.4, 0.5) is 0 Å². The molecule has 0 aromatic rings. The van der Waals surface area contributed by atoms with Gasteiger partial charge in [0, 0.05) is 20.8 Å². The van der Waals surface area contributed by atoms with Gasteiger partial charge in [-0.15, -0.1) is 0 Å². The van der Waals surface area contributed by atoms with Gasteiger partial charge in [0.15, 0.2) is 6.29 Å². The van der Waals surface area contributed by atoms with Gasteiger partial charge in [-0.1, -0.05) is 19.3 Å². The summed E-state index contributed by atoms with van der Waals surface area (Å²) in [7, 11) is 3.19. The molecule has 0 unspecified atom stereocenters. The van der Waals surface area contributed by atoms with Crippen LogP contribution in [0.3, 0.4) is 0 Å². The molecule has 0 amide bonds. The van der Waals surface area contributed by atoms with Gasteiger partial charge >= 0.3 is 0 Å². The molecule has 1 aliphatic rings. The molecule has 1 aliphatic carbocycles. The Morgan fingerprint density at radius 1 is 1.40 bits per heavy atom. The van der Waals surface area contributed by atoms with E-state index < -0.39 is 0 Å². The second-order valence-electron chi connectivity index (χ2n) is 4.08. The lowest BCUT2D eigenvalue weighted by molar-refractivity contribution is -0.113. The molecule has 1 rings (SSSR count). The Hall–Kier alpha value is -0.450. The lowest BCUT2D eigenvalue weighted by Crippen LogP contribution is -2.39. The Morgan fingerprint density at radius 2 is 2.07 bits per heavy atom. The predicted molar refractivity (Wildman–Crippen MR) is 57.6 cm³/mol. The van der Waals surface area contributed by atoms with Gasteiger partial charge in [0.1, 0.15) is 6.29 Å². The zero-order valence-electron chi connectivity index (χ0n) is 9.57. The molecular formula is C11H21NO3. The first-order chi connectivity index (χ1) is 7.30. The molecule has 0 aliphatic heterocycles. The number of hydrogen-bond acceptors (Lipinski definition) is 4. The predicted octanol–water partition coefficient (Wildman–Crippen LogP) is 0.953. The fourth-order valence-corrected chi connectivity index (χ4v) is 1.79. The number of aldehydes is 1. The first-order valence-corrected chi connectivity index (χ1v) is 5.54. The van der Waals surface area contributed by atoms with Gasteiger partial charge in [-0.25, -0.2) is 0 Å². The molecular weight excluding hydrogens is 194 g/mol. The van der Waals surface area contributed by atoms with Crippen molar-refractivity contribution in [3.8, 4) is 0 Å². The minimum Gasteiger partial charge on any atom is -0.355 e. The fourth-order valence-electron chi connectivity index (χ4n) is 1.79. The van der Waals surface area contributed by atoms with Crippen LogP contribution in [-0.2, 0) is 14.3 Å². The van der Waals surface area contributed by atoms with Crippen molar-refractivity contribution in [2.75, 3.05) is 20.8 Å². The Bertz CT molecular complexity index is 179. The molecule has 0 radical (unpaired) electrons. The molecule has 1 saturated carbocycles. The third-order valence-electron chi connectivity index (χ3n) is 3.05. The van der Waals surface area contributed by atoms with Crippen molar-refractivity contribution in [2.24, 2.45) is 5.92 Å². The van der Waals surface area contributed by atoms with E-state index in [-0.39, 0.29) is 12.3 Å². The first kappa shape index (κ1) is 12.6. The Balaban J connectivity index is 2.17. The first-order valence-electron chi connectivity index (χ1n) is 5.54. The van der Waals surface area contributed by atoms with E-state index in [1.807, 2.05) is 0 Å². The maximum absolute atomic E-state index is 10.8. The number of carbonyl (C=O) groups excluding carboxylic acids is 1. The lowest BCUT2D eigenvalue weighted by Gasteiger charge is -2.28. The van der Waals surface area contributed by atoms with Crippen LogP contribution in [0, 0.1) is 5.92 Å². The van der Waals surface area contributed by atoms with Crippen LogP contribution < -0.4 is 5.32 Å². The number of methoxy groups -OCH3 is 2. The van der Waals surface area contributed by atoms with E-state index in [9.17, 15) is 4.79 Å². The lowest BCUT2D eigenvalue weighted by atomic mass is 9.81. The standard InChI is InChI=1S/C11H21NO3/c1-14-11(15-2)7-12-10(8-13)6-9-4-3-5-9/h8-12H,3-7H2,1-2H3/t10-/m1/s1. The molecule has 0 heterocycles. The van der Waals surface area contributed by atoms with Gasteiger partial charge in [-0.3, -0.25) is 0 Å². The average Bonchev–Trinajstić information content (AvgIpc) is 2.21. The number of nitrogens with one attached hydrogen (secondary N) is 1. The summed E-state index contributed by atoms with van der Waals surface area (Å²) >= 11 is 0. The normalized spacial score (nSPS) is 18.9. The molecule has 4 heteroatoms. The van der Waals surface area contributed by atoms with Crippen molar-refractivity contribution in [3.63, 3.8) is 0 Å². The van der Waals surface area contributed by atoms with E-state index in [0.29, 0.717) is 6.54 Å². The van der Waals surface area contributed by atoms with E-state index in [4.69, 9.17) is 9.47 Å². The Morgan fingerprint density at radius 3 is 2.47 bits per heavy atom. The molecule has 1 fully saturated rings.